The summed E-state index contributed by atoms with van der Waals surface area (Å²) in [5, 5.41) is 3.02. The van der Waals surface area contributed by atoms with Crippen LogP contribution in [0, 0.1) is 6.92 Å². The average Bonchev–Trinajstić information content (AvgIpc) is 2.73. The summed E-state index contributed by atoms with van der Waals surface area (Å²) < 4.78 is 0. The van der Waals surface area contributed by atoms with Crippen LogP contribution in [-0.4, -0.2) is 55.3 Å². The Morgan fingerprint density at radius 2 is 1.96 bits per heavy atom. The SMILES string of the molecule is Cc1c(NC(=O)C2CCCCCN2C)cccc1C(=O)N(C)C. The normalized spacial score (nSPS) is 19.0. The molecule has 2 rings (SSSR count). The zero-order chi connectivity index (χ0) is 17.0. The summed E-state index contributed by atoms with van der Waals surface area (Å²) in [6.45, 7) is 2.83. The zero-order valence-electron chi connectivity index (χ0n) is 14.6. The van der Waals surface area contributed by atoms with Crippen molar-refractivity contribution in [3.8, 4) is 0 Å². The minimum atomic E-state index is -0.0925. The maximum Gasteiger partial charge on any atom is 0.253 e. The molecule has 1 aliphatic heterocycles. The molecule has 0 radical (unpaired) electrons. The highest BCUT2D eigenvalue weighted by atomic mass is 16.2. The standard InChI is InChI=1S/C18H27N3O2/c1-13-14(18(23)20(2)3)9-8-10-15(13)19-17(22)16-11-6-5-7-12-21(16)4/h8-10,16H,5-7,11-12H2,1-4H3,(H,19,22). The second-order valence-electron chi connectivity index (χ2n) is 6.51. The fraction of sp³-hybridized carbons (Fsp3) is 0.556. The molecule has 2 amide bonds. The first kappa shape index (κ1) is 17.5. The van der Waals surface area contributed by atoms with Gasteiger partial charge >= 0.3 is 0 Å². The number of likely N-dealkylation sites (N-methyl/N-ethyl adjacent to an activating group) is 1. The average molecular weight is 317 g/mol. The van der Waals surface area contributed by atoms with Crippen LogP contribution in [0.15, 0.2) is 18.2 Å². The molecule has 1 unspecified atom stereocenters. The van der Waals surface area contributed by atoms with E-state index in [1.807, 2.05) is 26.1 Å². The number of hydrogen-bond acceptors (Lipinski definition) is 3. The van der Waals surface area contributed by atoms with Crippen molar-refractivity contribution in [2.45, 2.75) is 38.6 Å². The van der Waals surface area contributed by atoms with Crippen LogP contribution in [0.5, 0.6) is 0 Å². The molecule has 1 fully saturated rings. The molecule has 0 aliphatic carbocycles. The highest BCUT2D eigenvalue weighted by Gasteiger charge is 2.25. The van der Waals surface area contributed by atoms with Gasteiger partial charge in [0.05, 0.1) is 6.04 Å². The molecule has 5 heteroatoms. The summed E-state index contributed by atoms with van der Waals surface area (Å²) in [5.41, 5.74) is 2.16. The van der Waals surface area contributed by atoms with Gasteiger partial charge in [-0.2, -0.15) is 0 Å². The van der Waals surface area contributed by atoms with E-state index in [9.17, 15) is 9.59 Å². The van der Waals surface area contributed by atoms with Gasteiger partial charge < -0.3 is 10.2 Å². The number of amides is 2. The van der Waals surface area contributed by atoms with Crippen molar-refractivity contribution in [2.24, 2.45) is 0 Å². The Kier molecular flexibility index (Phi) is 5.77. The predicted molar refractivity (Wildman–Crippen MR) is 92.7 cm³/mol. The molecule has 23 heavy (non-hydrogen) atoms. The minimum absolute atomic E-state index is 0.0203. The molecule has 1 aromatic carbocycles. The maximum absolute atomic E-state index is 12.6. The van der Waals surface area contributed by atoms with Gasteiger partial charge in [0, 0.05) is 25.3 Å². The van der Waals surface area contributed by atoms with Crippen molar-refractivity contribution in [1.29, 1.82) is 0 Å². The molecule has 1 aliphatic rings. The lowest BCUT2D eigenvalue weighted by atomic mass is 10.0. The summed E-state index contributed by atoms with van der Waals surface area (Å²) in [5.74, 6) is -0.0304. The van der Waals surface area contributed by atoms with E-state index in [1.165, 1.54) is 6.42 Å². The van der Waals surface area contributed by atoms with E-state index in [1.54, 1.807) is 25.1 Å². The van der Waals surface area contributed by atoms with E-state index in [4.69, 9.17) is 0 Å². The Morgan fingerprint density at radius 1 is 1.22 bits per heavy atom. The first-order valence-electron chi connectivity index (χ1n) is 8.24. The molecule has 1 atom stereocenters. The van der Waals surface area contributed by atoms with Crippen LogP contribution < -0.4 is 5.32 Å². The third-order valence-corrected chi connectivity index (χ3v) is 4.55. The summed E-state index contributed by atoms with van der Waals surface area (Å²) >= 11 is 0. The topological polar surface area (TPSA) is 52.7 Å². The quantitative estimate of drug-likeness (QED) is 0.932. The lowest BCUT2D eigenvalue weighted by molar-refractivity contribution is -0.120. The fourth-order valence-corrected chi connectivity index (χ4v) is 3.04. The maximum atomic E-state index is 12.6. The number of rotatable bonds is 3. The summed E-state index contributed by atoms with van der Waals surface area (Å²) in [6, 6.07) is 5.38. The molecule has 5 nitrogen and oxygen atoms in total. The number of likely N-dealkylation sites (tertiary alicyclic amines) is 1. The third kappa shape index (κ3) is 4.10. The predicted octanol–water partition coefficient (Wildman–Crippen LogP) is 2.51. The molecule has 0 saturated carbocycles. The Balaban J connectivity index is 2.18. The lowest BCUT2D eigenvalue weighted by Gasteiger charge is -2.25. The van der Waals surface area contributed by atoms with Gasteiger partial charge in [-0.25, -0.2) is 0 Å². The first-order chi connectivity index (χ1) is 10.9. The molecular weight excluding hydrogens is 290 g/mol. The molecule has 1 aromatic rings. The van der Waals surface area contributed by atoms with Crippen LogP contribution in [0.4, 0.5) is 5.69 Å². The van der Waals surface area contributed by atoms with E-state index in [0.29, 0.717) is 5.56 Å². The Bertz CT molecular complexity index is 584. The van der Waals surface area contributed by atoms with E-state index < -0.39 is 0 Å². The van der Waals surface area contributed by atoms with Crippen molar-refractivity contribution >= 4 is 17.5 Å². The molecular formula is C18H27N3O2. The van der Waals surface area contributed by atoms with Crippen LogP contribution >= 0.6 is 0 Å². The van der Waals surface area contributed by atoms with Crippen LogP contribution in [0.25, 0.3) is 0 Å². The number of carbonyl (C=O) groups excluding carboxylic acids is 2. The van der Waals surface area contributed by atoms with Gasteiger partial charge in [0.2, 0.25) is 5.91 Å². The van der Waals surface area contributed by atoms with Crippen molar-refractivity contribution in [1.82, 2.24) is 9.80 Å². The van der Waals surface area contributed by atoms with Crippen molar-refractivity contribution in [2.75, 3.05) is 33.0 Å². The van der Waals surface area contributed by atoms with Crippen molar-refractivity contribution < 1.29 is 9.59 Å². The largest absolute Gasteiger partial charge is 0.345 e. The second-order valence-corrected chi connectivity index (χ2v) is 6.51. The Morgan fingerprint density at radius 3 is 2.65 bits per heavy atom. The van der Waals surface area contributed by atoms with Gasteiger partial charge in [-0.3, -0.25) is 14.5 Å². The van der Waals surface area contributed by atoms with Crippen LogP contribution in [-0.2, 0) is 4.79 Å². The molecule has 1 heterocycles. The summed E-state index contributed by atoms with van der Waals surface area (Å²) in [7, 11) is 5.47. The summed E-state index contributed by atoms with van der Waals surface area (Å²) in [4.78, 5) is 28.5. The van der Waals surface area contributed by atoms with E-state index in [2.05, 4.69) is 10.2 Å². The van der Waals surface area contributed by atoms with Crippen molar-refractivity contribution in [3.05, 3.63) is 29.3 Å². The highest BCUT2D eigenvalue weighted by Crippen LogP contribution is 2.22. The molecule has 1 N–H and O–H groups in total. The van der Waals surface area contributed by atoms with E-state index in [0.717, 1.165) is 37.1 Å². The molecule has 0 bridgehead atoms. The number of carbonyl (C=O) groups is 2. The monoisotopic (exact) mass is 317 g/mol. The molecule has 0 aromatic heterocycles. The smallest absolute Gasteiger partial charge is 0.253 e. The minimum Gasteiger partial charge on any atom is -0.345 e. The second kappa shape index (κ2) is 7.59. The number of hydrogen-bond donors (Lipinski definition) is 1. The van der Waals surface area contributed by atoms with Crippen LogP contribution in [0.1, 0.15) is 41.6 Å². The molecule has 1 saturated heterocycles. The Labute approximate surface area is 138 Å². The van der Waals surface area contributed by atoms with E-state index in [-0.39, 0.29) is 17.9 Å². The van der Waals surface area contributed by atoms with E-state index >= 15 is 0 Å². The third-order valence-electron chi connectivity index (χ3n) is 4.55. The van der Waals surface area contributed by atoms with Gasteiger partial charge in [-0.1, -0.05) is 18.9 Å². The molecule has 0 spiro atoms. The van der Waals surface area contributed by atoms with Gasteiger partial charge in [0.1, 0.15) is 0 Å². The number of benzene rings is 1. The van der Waals surface area contributed by atoms with Gasteiger partial charge in [-0.15, -0.1) is 0 Å². The Hall–Kier alpha value is -1.88. The van der Waals surface area contributed by atoms with Crippen molar-refractivity contribution in [3.63, 3.8) is 0 Å². The van der Waals surface area contributed by atoms with Crippen LogP contribution in [0.2, 0.25) is 0 Å². The number of nitrogens with zero attached hydrogens (tertiary/aromatic N) is 2. The van der Waals surface area contributed by atoms with Gasteiger partial charge in [0.15, 0.2) is 0 Å². The molecule has 126 valence electrons. The zero-order valence-corrected chi connectivity index (χ0v) is 14.6. The van der Waals surface area contributed by atoms with Crippen LogP contribution in [0.3, 0.4) is 0 Å². The number of nitrogens with one attached hydrogen (secondary N) is 1. The summed E-state index contributed by atoms with van der Waals surface area (Å²) in [6.07, 6.45) is 4.30. The fourth-order valence-electron chi connectivity index (χ4n) is 3.04. The first-order valence-corrected chi connectivity index (χ1v) is 8.24. The van der Waals surface area contributed by atoms with Gasteiger partial charge in [-0.05, 0) is 51.1 Å². The lowest BCUT2D eigenvalue weighted by Crippen LogP contribution is -2.41. The number of anilines is 1. The van der Waals surface area contributed by atoms with Gasteiger partial charge in [0.25, 0.3) is 5.91 Å². The highest BCUT2D eigenvalue weighted by molar-refractivity contribution is 6.00.